The van der Waals surface area contributed by atoms with Crippen LogP contribution < -0.4 is 5.32 Å². The molecule has 1 atom stereocenters. The van der Waals surface area contributed by atoms with Crippen LogP contribution in [-0.4, -0.2) is 16.5 Å². The molecule has 0 saturated heterocycles. The van der Waals surface area contributed by atoms with E-state index in [-0.39, 0.29) is 0 Å². The molecule has 1 N–H and O–H groups in total. The van der Waals surface area contributed by atoms with Crippen molar-refractivity contribution in [2.24, 2.45) is 0 Å². The van der Waals surface area contributed by atoms with E-state index in [1.807, 2.05) is 6.92 Å². The van der Waals surface area contributed by atoms with Gasteiger partial charge in [-0.25, -0.2) is 4.98 Å². The maximum Gasteiger partial charge on any atom is 0.443 e. The van der Waals surface area contributed by atoms with Crippen LogP contribution in [0.2, 0.25) is 5.02 Å². The zero-order valence-electron chi connectivity index (χ0n) is 11.1. The Morgan fingerprint density at radius 3 is 2.71 bits per heavy atom. The first kappa shape index (κ1) is 16.2. The lowest BCUT2D eigenvalue weighted by atomic mass is 10.1. The van der Waals surface area contributed by atoms with Crippen molar-refractivity contribution in [1.29, 1.82) is 0 Å². The maximum absolute atomic E-state index is 12.7. The molecule has 0 aliphatic carbocycles. The van der Waals surface area contributed by atoms with E-state index in [0.29, 0.717) is 33.5 Å². The molecule has 2 aromatic rings. The number of hydrogen-bond acceptors (Lipinski definition) is 4. The van der Waals surface area contributed by atoms with Gasteiger partial charge in [-0.3, -0.25) is 4.98 Å². The zero-order chi connectivity index (χ0) is 15.5. The Hall–Kier alpha value is -1.18. The fourth-order valence-electron chi connectivity index (χ4n) is 1.78. The Kier molecular flexibility index (Phi) is 5.18. The number of nitrogens with one attached hydrogen (secondary N) is 1. The second kappa shape index (κ2) is 6.72. The fourth-order valence-corrected chi connectivity index (χ4v) is 2.88. The number of rotatable bonds is 5. The smallest absolute Gasteiger partial charge is 0.304 e. The first-order chi connectivity index (χ1) is 9.93. The molecule has 0 bridgehead atoms. The SMILES string of the molecule is CCCNC(c1cnc(C(F)(F)F)s1)c1ncccc1Cl. The molecule has 2 aromatic heterocycles. The van der Waals surface area contributed by atoms with Gasteiger partial charge in [0.25, 0.3) is 0 Å². The molecule has 1 unspecified atom stereocenters. The third-order valence-electron chi connectivity index (χ3n) is 2.71. The molecular weight excluding hydrogens is 323 g/mol. The summed E-state index contributed by atoms with van der Waals surface area (Å²) in [6.45, 7) is 2.61. The number of halogens is 4. The van der Waals surface area contributed by atoms with Gasteiger partial charge in [0.1, 0.15) is 0 Å². The molecule has 0 aliphatic rings. The Bertz CT molecular complexity index is 600. The predicted molar refractivity (Wildman–Crippen MR) is 76.5 cm³/mol. The van der Waals surface area contributed by atoms with Crippen molar-refractivity contribution in [3.8, 4) is 0 Å². The molecule has 114 valence electrons. The minimum atomic E-state index is -4.44. The summed E-state index contributed by atoms with van der Waals surface area (Å²) in [5.74, 6) is 0. The van der Waals surface area contributed by atoms with E-state index in [0.717, 1.165) is 6.42 Å². The lowest BCUT2D eigenvalue weighted by Crippen LogP contribution is -2.23. The summed E-state index contributed by atoms with van der Waals surface area (Å²) in [5, 5.41) is 2.71. The van der Waals surface area contributed by atoms with Crippen LogP contribution in [0.5, 0.6) is 0 Å². The predicted octanol–water partition coefficient (Wildman–Crippen LogP) is 4.30. The number of nitrogens with zero attached hydrogens (tertiary/aromatic N) is 2. The van der Waals surface area contributed by atoms with Crippen molar-refractivity contribution in [3.05, 3.63) is 45.1 Å². The number of alkyl halides is 3. The number of pyridine rings is 1. The molecule has 0 saturated carbocycles. The van der Waals surface area contributed by atoms with Crippen LogP contribution in [0, 0.1) is 0 Å². The van der Waals surface area contributed by atoms with Gasteiger partial charge >= 0.3 is 6.18 Å². The lowest BCUT2D eigenvalue weighted by molar-refractivity contribution is -0.137. The second-order valence-corrected chi connectivity index (χ2v) is 5.79. The molecule has 0 aliphatic heterocycles. The van der Waals surface area contributed by atoms with Gasteiger partial charge in [-0.15, -0.1) is 11.3 Å². The Labute approximate surface area is 129 Å². The summed E-state index contributed by atoms with van der Waals surface area (Å²) in [6, 6.07) is 2.85. The van der Waals surface area contributed by atoms with Crippen LogP contribution >= 0.6 is 22.9 Å². The van der Waals surface area contributed by atoms with Crippen molar-refractivity contribution >= 4 is 22.9 Å². The number of hydrogen-bond donors (Lipinski definition) is 1. The van der Waals surface area contributed by atoms with Crippen LogP contribution in [0.4, 0.5) is 13.2 Å². The van der Waals surface area contributed by atoms with Crippen LogP contribution in [0.3, 0.4) is 0 Å². The molecule has 0 radical (unpaired) electrons. The molecule has 0 spiro atoms. The molecule has 2 heterocycles. The van der Waals surface area contributed by atoms with Gasteiger partial charge in [0.05, 0.1) is 16.8 Å². The molecule has 2 rings (SSSR count). The molecule has 21 heavy (non-hydrogen) atoms. The fraction of sp³-hybridized carbons (Fsp3) is 0.385. The highest BCUT2D eigenvalue weighted by atomic mass is 35.5. The first-order valence-electron chi connectivity index (χ1n) is 6.30. The quantitative estimate of drug-likeness (QED) is 0.885. The van der Waals surface area contributed by atoms with Crippen molar-refractivity contribution < 1.29 is 13.2 Å². The highest BCUT2D eigenvalue weighted by Crippen LogP contribution is 2.36. The lowest BCUT2D eigenvalue weighted by Gasteiger charge is -2.17. The monoisotopic (exact) mass is 335 g/mol. The summed E-state index contributed by atoms with van der Waals surface area (Å²) in [5.41, 5.74) is 0.505. The maximum atomic E-state index is 12.7. The summed E-state index contributed by atoms with van der Waals surface area (Å²) in [6.07, 6.45) is -0.808. The number of thiazole rings is 1. The second-order valence-electron chi connectivity index (χ2n) is 4.32. The Morgan fingerprint density at radius 1 is 1.38 bits per heavy atom. The summed E-state index contributed by atoms with van der Waals surface area (Å²) >= 11 is 6.71. The Morgan fingerprint density at radius 2 is 2.14 bits per heavy atom. The topological polar surface area (TPSA) is 37.8 Å². The van der Waals surface area contributed by atoms with Crippen LogP contribution in [0.15, 0.2) is 24.5 Å². The third kappa shape index (κ3) is 3.93. The molecular formula is C13H13ClF3N3S. The van der Waals surface area contributed by atoms with Crippen LogP contribution in [-0.2, 0) is 6.18 Å². The Balaban J connectivity index is 2.37. The van der Waals surface area contributed by atoms with Gasteiger partial charge < -0.3 is 5.32 Å². The van der Waals surface area contributed by atoms with Gasteiger partial charge in [-0.2, -0.15) is 13.2 Å². The minimum Gasteiger partial charge on any atom is -0.304 e. The molecule has 8 heteroatoms. The molecule has 3 nitrogen and oxygen atoms in total. The van der Waals surface area contributed by atoms with Crippen LogP contribution in [0.1, 0.15) is 35.0 Å². The first-order valence-corrected chi connectivity index (χ1v) is 7.49. The molecule has 0 fully saturated rings. The minimum absolute atomic E-state index is 0.410. The van der Waals surface area contributed by atoms with Crippen molar-refractivity contribution in [1.82, 2.24) is 15.3 Å². The van der Waals surface area contributed by atoms with Crippen molar-refractivity contribution in [2.45, 2.75) is 25.6 Å². The highest BCUT2D eigenvalue weighted by molar-refractivity contribution is 7.11. The summed E-state index contributed by atoms with van der Waals surface area (Å²) in [4.78, 5) is 8.08. The van der Waals surface area contributed by atoms with E-state index in [4.69, 9.17) is 11.6 Å². The van der Waals surface area contributed by atoms with Crippen LogP contribution in [0.25, 0.3) is 0 Å². The summed E-state index contributed by atoms with van der Waals surface area (Å²) < 4.78 is 38.1. The van der Waals surface area contributed by atoms with Gasteiger partial charge in [0.2, 0.25) is 0 Å². The molecule has 0 amide bonds. The zero-order valence-corrected chi connectivity index (χ0v) is 12.7. The van der Waals surface area contributed by atoms with Gasteiger partial charge in [-0.1, -0.05) is 18.5 Å². The largest absolute Gasteiger partial charge is 0.443 e. The summed E-state index contributed by atoms with van der Waals surface area (Å²) in [7, 11) is 0. The van der Waals surface area contributed by atoms with E-state index < -0.39 is 17.2 Å². The molecule has 0 aromatic carbocycles. The third-order valence-corrected chi connectivity index (χ3v) is 4.14. The van der Waals surface area contributed by atoms with E-state index in [1.54, 1.807) is 18.3 Å². The van der Waals surface area contributed by atoms with E-state index >= 15 is 0 Å². The average Bonchev–Trinajstić information content (AvgIpc) is 2.91. The highest BCUT2D eigenvalue weighted by Gasteiger charge is 2.35. The van der Waals surface area contributed by atoms with E-state index in [9.17, 15) is 13.2 Å². The van der Waals surface area contributed by atoms with Gasteiger partial charge in [0.15, 0.2) is 5.01 Å². The normalized spacial score (nSPS) is 13.4. The van der Waals surface area contributed by atoms with E-state index in [2.05, 4.69) is 15.3 Å². The van der Waals surface area contributed by atoms with Crippen molar-refractivity contribution in [3.63, 3.8) is 0 Å². The number of aromatic nitrogens is 2. The van der Waals surface area contributed by atoms with E-state index in [1.165, 1.54) is 6.20 Å². The van der Waals surface area contributed by atoms with Crippen molar-refractivity contribution in [2.75, 3.05) is 6.54 Å². The standard InChI is InChI=1S/C13H13ClF3N3S/c1-2-5-18-11(10-8(14)4-3-6-19-10)9-7-20-12(21-9)13(15,16)17/h3-4,6-7,11,18H,2,5H2,1H3. The van der Waals surface area contributed by atoms with Gasteiger partial charge in [0, 0.05) is 17.3 Å². The van der Waals surface area contributed by atoms with Gasteiger partial charge in [-0.05, 0) is 25.1 Å². The average molecular weight is 336 g/mol.